The highest BCUT2D eigenvalue weighted by Gasteiger charge is 2.20. The van der Waals surface area contributed by atoms with Crippen molar-refractivity contribution in [3.63, 3.8) is 0 Å². The lowest BCUT2D eigenvalue weighted by Gasteiger charge is -2.22. The highest BCUT2D eigenvalue weighted by Crippen LogP contribution is 2.28. The third-order valence-electron chi connectivity index (χ3n) is 3.82. The zero-order valence-corrected chi connectivity index (χ0v) is 17.3. The van der Waals surface area contributed by atoms with Crippen molar-refractivity contribution in [2.24, 2.45) is 10.9 Å². The Labute approximate surface area is 162 Å². The summed E-state index contributed by atoms with van der Waals surface area (Å²) in [5, 5.41) is 3.33. The summed E-state index contributed by atoms with van der Waals surface area (Å²) in [5.74, 6) is 2.60. The number of hydrogen-bond acceptors (Lipinski definition) is 3. The second-order valence-corrected chi connectivity index (χ2v) is 5.96. The Morgan fingerprint density at radius 1 is 1.29 bits per heavy atom. The molecule has 1 aliphatic carbocycles. The Hall–Kier alpha value is -1.02. The maximum atomic E-state index is 5.64. The van der Waals surface area contributed by atoms with Crippen LogP contribution in [0.1, 0.15) is 25.3 Å². The summed E-state index contributed by atoms with van der Waals surface area (Å²) < 4.78 is 10.8. The van der Waals surface area contributed by atoms with E-state index in [1.807, 2.05) is 12.1 Å². The fourth-order valence-electron chi connectivity index (χ4n) is 2.30. The Kier molecular flexibility index (Phi) is 10.1. The second-order valence-electron chi connectivity index (χ2n) is 5.96. The van der Waals surface area contributed by atoms with E-state index < -0.39 is 0 Å². The van der Waals surface area contributed by atoms with Crippen LogP contribution in [0.4, 0.5) is 0 Å². The van der Waals surface area contributed by atoms with E-state index in [-0.39, 0.29) is 24.0 Å². The van der Waals surface area contributed by atoms with Crippen LogP contribution in [0.2, 0.25) is 0 Å². The Bertz CT molecular complexity index is 490. The highest BCUT2D eigenvalue weighted by atomic mass is 127. The third kappa shape index (κ3) is 7.70. The number of aliphatic imine (C=N–C) groups is 1. The summed E-state index contributed by atoms with van der Waals surface area (Å²) in [7, 11) is 3.74. The van der Waals surface area contributed by atoms with Crippen LogP contribution in [0.5, 0.6) is 5.75 Å². The minimum Gasteiger partial charge on any atom is -0.497 e. The first-order chi connectivity index (χ1) is 11.2. The predicted octanol–water partition coefficient (Wildman–Crippen LogP) is 3.14. The number of nitrogens with zero attached hydrogens (tertiary/aromatic N) is 2. The second kappa shape index (κ2) is 11.5. The zero-order valence-electron chi connectivity index (χ0n) is 15.0. The van der Waals surface area contributed by atoms with Crippen LogP contribution in [0.3, 0.4) is 0 Å². The lowest BCUT2D eigenvalue weighted by molar-refractivity contribution is 0.131. The van der Waals surface area contributed by atoms with Gasteiger partial charge in [0.1, 0.15) is 5.75 Å². The quantitative estimate of drug-likeness (QED) is 0.274. The molecule has 0 aliphatic heterocycles. The van der Waals surface area contributed by atoms with Gasteiger partial charge in [0, 0.05) is 26.7 Å². The summed E-state index contributed by atoms with van der Waals surface area (Å²) in [6.45, 7) is 6.03. The molecule has 1 aliphatic rings. The summed E-state index contributed by atoms with van der Waals surface area (Å²) in [6.07, 6.45) is 2.66. The molecule has 2 rings (SSSR count). The summed E-state index contributed by atoms with van der Waals surface area (Å²) >= 11 is 0. The first kappa shape index (κ1) is 21.0. The molecule has 0 unspecified atom stereocenters. The fraction of sp³-hybridized carbons (Fsp3) is 0.611. The summed E-state index contributed by atoms with van der Waals surface area (Å²) in [6, 6.07) is 8.13. The molecule has 136 valence electrons. The molecule has 1 aromatic carbocycles. The Balaban J connectivity index is 0.00000288. The summed E-state index contributed by atoms with van der Waals surface area (Å²) in [5.41, 5.74) is 1.23. The lowest BCUT2D eigenvalue weighted by atomic mass is 10.2. The van der Waals surface area contributed by atoms with Crippen LogP contribution < -0.4 is 10.1 Å². The fourth-order valence-corrected chi connectivity index (χ4v) is 2.30. The van der Waals surface area contributed by atoms with Gasteiger partial charge in [-0.25, -0.2) is 0 Å². The first-order valence-electron chi connectivity index (χ1n) is 8.43. The van der Waals surface area contributed by atoms with Gasteiger partial charge in [0.25, 0.3) is 0 Å². The number of methoxy groups -OCH3 is 1. The summed E-state index contributed by atoms with van der Waals surface area (Å²) in [4.78, 5) is 6.77. The van der Waals surface area contributed by atoms with Crippen LogP contribution in [0, 0.1) is 5.92 Å². The molecule has 0 bridgehead atoms. The molecule has 0 saturated heterocycles. The molecule has 0 amide bonds. The molecular weight excluding hydrogens is 417 g/mol. The standard InChI is InChI=1S/C18H29N3O2.HI/c1-4-19-18(20-11-12-23-14-16-5-6-16)21(2)13-15-7-9-17(22-3)10-8-15;/h7-10,16H,4-6,11-14H2,1-3H3,(H,19,20);1H. The number of guanidine groups is 1. The average Bonchev–Trinajstić information content (AvgIpc) is 3.38. The monoisotopic (exact) mass is 447 g/mol. The first-order valence-corrected chi connectivity index (χ1v) is 8.43. The topological polar surface area (TPSA) is 46.1 Å². The van der Waals surface area contributed by atoms with Gasteiger partial charge in [-0.2, -0.15) is 0 Å². The van der Waals surface area contributed by atoms with Crippen LogP contribution >= 0.6 is 24.0 Å². The van der Waals surface area contributed by atoms with Gasteiger partial charge in [-0.05, 0) is 43.4 Å². The van der Waals surface area contributed by atoms with E-state index in [2.05, 4.69) is 41.3 Å². The van der Waals surface area contributed by atoms with Crippen LogP contribution in [0.15, 0.2) is 29.3 Å². The van der Waals surface area contributed by atoms with E-state index in [1.54, 1.807) is 7.11 Å². The molecule has 0 radical (unpaired) electrons. The molecule has 0 aromatic heterocycles. The van der Waals surface area contributed by atoms with Gasteiger partial charge in [-0.15, -0.1) is 24.0 Å². The number of benzene rings is 1. The van der Waals surface area contributed by atoms with E-state index in [0.717, 1.165) is 37.3 Å². The lowest BCUT2D eigenvalue weighted by Crippen LogP contribution is -2.38. The molecule has 0 spiro atoms. The average molecular weight is 447 g/mol. The van der Waals surface area contributed by atoms with Crippen molar-refractivity contribution < 1.29 is 9.47 Å². The van der Waals surface area contributed by atoms with E-state index in [4.69, 9.17) is 9.47 Å². The SMILES string of the molecule is CCNC(=NCCOCC1CC1)N(C)Cc1ccc(OC)cc1.I. The molecule has 0 heterocycles. The van der Waals surface area contributed by atoms with Crippen molar-refractivity contribution in [2.75, 3.05) is 40.5 Å². The number of ether oxygens (including phenoxy) is 2. The molecule has 0 atom stereocenters. The Morgan fingerprint density at radius 3 is 2.58 bits per heavy atom. The van der Waals surface area contributed by atoms with Crippen LogP contribution in [-0.2, 0) is 11.3 Å². The molecule has 5 nitrogen and oxygen atoms in total. The molecule has 24 heavy (non-hydrogen) atoms. The molecule has 1 saturated carbocycles. The van der Waals surface area contributed by atoms with Crippen molar-refractivity contribution in [1.29, 1.82) is 0 Å². The smallest absolute Gasteiger partial charge is 0.194 e. The van der Waals surface area contributed by atoms with Gasteiger partial charge in [0.2, 0.25) is 0 Å². The molecular formula is C18H30IN3O2. The maximum Gasteiger partial charge on any atom is 0.194 e. The van der Waals surface area contributed by atoms with Crippen molar-refractivity contribution in [1.82, 2.24) is 10.2 Å². The maximum absolute atomic E-state index is 5.64. The number of nitrogens with one attached hydrogen (secondary N) is 1. The minimum atomic E-state index is 0. The van der Waals surface area contributed by atoms with Crippen molar-refractivity contribution >= 4 is 29.9 Å². The van der Waals surface area contributed by atoms with Gasteiger partial charge in [0.15, 0.2) is 5.96 Å². The highest BCUT2D eigenvalue weighted by molar-refractivity contribution is 14.0. The number of halogens is 1. The van der Waals surface area contributed by atoms with Crippen molar-refractivity contribution in [3.05, 3.63) is 29.8 Å². The molecule has 1 fully saturated rings. The predicted molar refractivity (Wildman–Crippen MR) is 109 cm³/mol. The van der Waals surface area contributed by atoms with Gasteiger partial charge in [-0.1, -0.05) is 12.1 Å². The number of hydrogen-bond donors (Lipinski definition) is 1. The van der Waals surface area contributed by atoms with Gasteiger partial charge >= 0.3 is 0 Å². The van der Waals surface area contributed by atoms with Crippen LogP contribution in [-0.4, -0.2) is 51.3 Å². The van der Waals surface area contributed by atoms with Gasteiger partial charge in [-0.3, -0.25) is 4.99 Å². The molecule has 1 aromatic rings. The van der Waals surface area contributed by atoms with Gasteiger partial charge in [0.05, 0.1) is 20.3 Å². The molecule has 1 N–H and O–H groups in total. The normalized spacial score (nSPS) is 14.0. The van der Waals surface area contributed by atoms with Crippen molar-refractivity contribution in [2.45, 2.75) is 26.3 Å². The number of rotatable bonds is 9. The van der Waals surface area contributed by atoms with E-state index >= 15 is 0 Å². The largest absolute Gasteiger partial charge is 0.497 e. The Morgan fingerprint density at radius 2 is 2.00 bits per heavy atom. The van der Waals surface area contributed by atoms with Crippen molar-refractivity contribution in [3.8, 4) is 5.75 Å². The van der Waals surface area contributed by atoms with E-state index in [9.17, 15) is 0 Å². The van der Waals surface area contributed by atoms with E-state index in [0.29, 0.717) is 13.2 Å². The minimum absolute atomic E-state index is 0. The third-order valence-corrected chi connectivity index (χ3v) is 3.82. The van der Waals surface area contributed by atoms with Gasteiger partial charge < -0.3 is 19.7 Å². The van der Waals surface area contributed by atoms with Crippen LogP contribution in [0.25, 0.3) is 0 Å². The molecule has 6 heteroatoms. The van der Waals surface area contributed by atoms with E-state index in [1.165, 1.54) is 18.4 Å². The zero-order chi connectivity index (χ0) is 16.5.